The van der Waals surface area contributed by atoms with Crippen molar-refractivity contribution in [3.8, 4) is 5.75 Å². The zero-order valence-electron chi connectivity index (χ0n) is 13.1. The number of ketones is 1. The van der Waals surface area contributed by atoms with E-state index in [1.54, 1.807) is 26.2 Å². The third kappa shape index (κ3) is 5.95. The number of methoxy groups -OCH3 is 1. The van der Waals surface area contributed by atoms with E-state index < -0.39 is 11.9 Å². The lowest BCUT2D eigenvalue weighted by Gasteiger charge is -2.21. The summed E-state index contributed by atoms with van der Waals surface area (Å²) in [5.41, 5.74) is 0.847. The molecule has 22 heavy (non-hydrogen) atoms. The molecule has 0 heterocycles. The van der Waals surface area contributed by atoms with Crippen LogP contribution in [0.4, 0.5) is 0 Å². The minimum atomic E-state index is -0.587. The van der Waals surface area contributed by atoms with E-state index in [4.69, 9.17) is 9.47 Å². The first kappa shape index (κ1) is 17.7. The summed E-state index contributed by atoms with van der Waals surface area (Å²) in [5, 5.41) is 0. The van der Waals surface area contributed by atoms with Crippen LogP contribution in [0.2, 0.25) is 0 Å². The third-order valence-electron chi connectivity index (χ3n) is 2.90. The Kier molecular flexibility index (Phi) is 7.08. The molecule has 0 bridgehead atoms. The molecule has 0 saturated carbocycles. The lowest BCUT2D eigenvalue weighted by atomic mass is 10.2. The minimum Gasteiger partial charge on any atom is -0.497 e. The van der Waals surface area contributed by atoms with Gasteiger partial charge in [0.05, 0.1) is 20.3 Å². The Bertz CT molecular complexity index is 524. The average Bonchev–Trinajstić information content (AvgIpc) is 2.47. The molecule has 0 aliphatic heterocycles. The monoisotopic (exact) mass is 307 g/mol. The number of nitrogens with zero attached hydrogens (tertiary/aromatic N) is 1. The van der Waals surface area contributed by atoms with Gasteiger partial charge in [0.15, 0.2) is 0 Å². The van der Waals surface area contributed by atoms with Gasteiger partial charge in [0, 0.05) is 6.54 Å². The van der Waals surface area contributed by atoms with Gasteiger partial charge >= 0.3 is 5.97 Å². The van der Waals surface area contributed by atoms with Crippen LogP contribution in [0.1, 0.15) is 25.8 Å². The number of ether oxygens (including phenoxy) is 2. The van der Waals surface area contributed by atoms with Crippen LogP contribution in [0.25, 0.3) is 0 Å². The van der Waals surface area contributed by atoms with Crippen molar-refractivity contribution < 1.29 is 23.9 Å². The lowest BCUT2D eigenvalue weighted by molar-refractivity contribution is -0.149. The molecule has 6 heteroatoms. The molecule has 0 atom stereocenters. The number of esters is 1. The molecule has 0 N–H and O–H groups in total. The molecule has 0 fully saturated rings. The van der Waals surface area contributed by atoms with Crippen LogP contribution in [-0.2, 0) is 25.7 Å². The summed E-state index contributed by atoms with van der Waals surface area (Å²) in [7, 11) is 1.57. The smallest absolute Gasteiger partial charge is 0.315 e. The second kappa shape index (κ2) is 8.81. The van der Waals surface area contributed by atoms with Crippen molar-refractivity contribution in [2.75, 3.05) is 20.3 Å². The van der Waals surface area contributed by atoms with Gasteiger partial charge < -0.3 is 14.4 Å². The highest BCUT2D eigenvalue weighted by Crippen LogP contribution is 2.13. The number of benzene rings is 1. The molecule has 1 amide bonds. The fourth-order valence-electron chi connectivity index (χ4n) is 1.90. The second-order valence-corrected chi connectivity index (χ2v) is 4.78. The zero-order valence-corrected chi connectivity index (χ0v) is 13.1. The van der Waals surface area contributed by atoms with Crippen LogP contribution in [0.3, 0.4) is 0 Å². The van der Waals surface area contributed by atoms with Gasteiger partial charge in [0.2, 0.25) is 5.91 Å². The summed E-state index contributed by atoms with van der Waals surface area (Å²) >= 11 is 0. The summed E-state index contributed by atoms with van der Waals surface area (Å²) in [6.45, 7) is 3.51. The Morgan fingerprint density at radius 2 is 1.77 bits per heavy atom. The first-order valence-corrected chi connectivity index (χ1v) is 7.02. The predicted octanol–water partition coefficient (Wildman–Crippen LogP) is 1.57. The fraction of sp³-hybridized carbons (Fsp3) is 0.438. The van der Waals surface area contributed by atoms with E-state index in [2.05, 4.69) is 0 Å². The SMILES string of the molecule is CCOC(=O)CC(=O)N(CC(C)=O)Cc1ccc(OC)cc1. The maximum absolute atomic E-state index is 12.1. The van der Waals surface area contributed by atoms with E-state index in [-0.39, 0.29) is 31.9 Å². The highest BCUT2D eigenvalue weighted by molar-refractivity contribution is 5.95. The minimum absolute atomic E-state index is 0.0374. The summed E-state index contributed by atoms with van der Waals surface area (Å²) in [4.78, 5) is 36.2. The Morgan fingerprint density at radius 1 is 1.14 bits per heavy atom. The number of Topliss-reactive ketones (excluding diaryl/α,β-unsaturated/α-hetero) is 1. The van der Waals surface area contributed by atoms with Gasteiger partial charge in [-0.15, -0.1) is 0 Å². The Balaban J connectivity index is 2.76. The number of hydrogen-bond donors (Lipinski definition) is 0. The topological polar surface area (TPSA) is 72.9 Å². The largest absolute Gasteiger partial charge is 0.497 e. The average molecular weight is 307 g/mol. The number of amides is 1. The van der Waals surface area contributed by atoms with E-state index in [0.29, 0.717) is 5.75 Å². The quantitative estimate of drug-likeness (QED) is 0.538. The van der Waals surface area contributed by atoms with Gasteiger partial charge in [0.25, 0.3) is 0 Å². The number of rotatable bonds is 8. The third-order valence-corrected chi connectivity index (χ3v) is 2.90. The van der Waals surface area contributed by atoms with E-state index >= 15 is 0 Å². The normalized spacial score (nSPS) is 9.95. The molecule has 6 nitrogen and oxygen atoms in total. The molecular weight excluding hydrogens is 286 g/mol. The van der Waals surface area contributed by atoms with Gasteiger partial charge in [-0.3, -0.25) is 14.4 Å². The van der Waals surface area contributed by atoms with Crippen molar-refractivity contribution in [1.82, 2.24) is 4.90 Å². The lowest BCUT2D eigenvalue weighted by Crippen LogP contribution is -2.35. The maximum atomic E-state index is 12.1. The first-order chi connectivity index (χ1) is 10.5. The molecule has 0 saturated heterocycles. The molecule has 0 unspecified atom stereocenters. The van der Waals surface area contributed by atoms with Crippen LogP contribution in [0, 0.1) is 0 Å². The van der Waals surface area contributed by atoms with Gasteiger partial charge in [-0.1, -0.05) is 12.1 Å². The molecule has 1 aromatic rings. The summed E-state index contributed by atoms with van der Waals surface area (Å²) in [5.74, 6) is -0.453. The summed E-state index contributed by atoms with van der Waals surface area (Å²) in [6, 6.07) is 7.17. The standard InChI is InChI=1S/C16H21NO5/c1-4-22-16(20)9-15(19)17(10-12(2)18)11-13-5-7-14(21-3)8-6-13/h5-8H,4,9-11H2,1-3H3. The Morgan fingerprint density at radius 3 is 2.27 bits per heavy atom. The van der Waals surface area contributed by atoms with Crippen LogP contribution < -0.4 is 4.74 Å². The molecule has 1 rings (SSSR count). The van der Waals surface area contributed by atoms with Gasteiger partial charge in [0.1, 0.15) is 18.0 Å². The Hall–Kier alpha value is -2.37. The number of hydrogen-bond acceptors (Lipinski definition) is 5. The van der Waals surface area contributed by atoms with E-state index in [0.717, 1.165) is 5.56 Å². The summed E-state index contributed by atoms with van der Waals surface area (Å²) in [6.07, 6.45) is -0.364. The summed E-state index contributed by atoms with van der Waals surface area (Å²) < 4.78 is 9.83. The van der Waals surface area contributed by atoms with Crippen molar-refractivity contribution >= 4 is 17.7 Å². The van der Waals surface area contributed by atoms with Crippen molar-refractivity contribution in [3.63, 3.8) is 0 Å². The first-order valence-electron chi connectivity index (χ1n) is 7.02. The number of carbonyl (C=O) groups is 3. The van der Waals surface area contributed by atoms with Crippen molar-refractivity contribution in [1.29, 1.82) is 0 Å². The van der Waals surface area contributed by atoms with Crippen LogP contribution in [0.15, 0.2) is 24.3 Å². The van der Waals surface area contributed by atoms with E-state index in [1.807, 2.05) is 12.1 Å². The van der Waals surface area contributed by atoms with Gasteiger partial charge in [-0.2, -0.15) is 0 Å². The molecule has 0 spiro atoms. The number of carbonyl (C=O) groups excluding carboxylic acids is 3. The molecule has 1 aromatic carbocycles. The van der Waals surface area contributed by atoms with Crippen LogP contribution in [-0.4, -0.2) is 42.8 Å². The van der Waals surface area contributed by atoms with Crippen LogP contribution in [0.5, 0.6) is 5.75 Å². The van der Waals surface area contributed by atoms with Gasteiger partial charge in [-0.05, 0) is 31.5 Å². The highest BCUT2D eigenvalue weighted by Gasteiger charge is 2.19. The molecular formula is C16H21NO5. The zero-order chi connectivity index (χ0) is 16.5. The molecule has 0 aliphatic carbocycles. The Labute approximate surface area is 130 Å². The van der Waals surface area contributed by atoms with Crippen molar-refractivity contribution in [2.45, 2.75) is 26.8 Å². The van der Waals surface area contributed by atoms with Crippen molar-refractivity contribution in [3.05, 3.63) is 29.8 Å². The maximum Gasteiger partial charge on any atom is 0.315 e. The van der Waals surface area contributed by atoms with Gasteiger partial charge in [-0.25, -0.2) is 0 Å². The molecule has 0 aliphatic rings. The van der Waals surface area contributed by atoms with E-state index in [9.17, 15) is 14.4 Å². The van der Waals surface area contributed by atoms with E-state index in [1.165, 1.54) is 11.8 Å². The fourth-order valence-corrected chi connectivity index (χ4v) is 1.90. The second-order valence-electron chi connectivity index (χ2n) is 4.78. The van der Waals surface area contributed by atoms with Crippen LogP contribution >= 0.6 is 0 Å². The molecule has 0 radical (unpaired) electrons. The van der Waals surface area contributed by atoms with Crippen molar-refractivity contribution in [2.24, 2.45) is 0 Å². The highest BCUT2D eigenvalue weighted by atomic mass is 16.5. The molecule has 0 aromatic heterocycles. The predicted molar refractivity (Wildman–Crippen MR) is 80.3 cm³/mol. The molecule has 120 valence electrons.